The molecule has 166 valence electrons. The molecule has 2 rings (SSSR count). The van der Waals surface area contributed by atoms with Gasteiger partial charge in [0.2, 0.25) is 0 Å². The number of rotatable bonds is 12. The topological polar surface area (TPSA) is 65.9 Å². The highest BCUT2D eigenvalue weighted by Gasteiger charge is 2.22. The third-order valence-electron chi connectivity index (χ3n) is 4.67. The Hall–Kier alpha value is -1.64. The van der Waals surface area contributed by atoms with Crippen LogP contribution in [0.15, 0.2) is 65.7 Å². The van der Waals surface area contributed by atoms with Crippen molar-refractivity contribution in [2.24, 2.45) is 4.99 Å². The van der Waals surface area contributed by atoms with Crippen molar-refractivity contribution in [2.75, 3.05) is 32.8 Å². The monoisotopic (exact) mass is 525 g/mol. The first-order valence-corrected chi connectivity index (χ1v) is 10.5. The van der Waals surface area contributed by atoms with E-state index in [9.17, 15) is 5.11 Å². The molecule has 0 heterocycles. The Bertz CT molecular complexity index is 709. The van der Waals surface area contributed by atoms with Crippen LogP contribution in [0.3, 0.4) is 0 Å². The molecular formula is C24H36IN3O2. The number of unbranched alkanes of at least 4 members (excludes halogenated alkanes) is 1. The van der Waals surface area contributed by atoms with E-state index < -0.39 is 5.60 Å². The van der Waals surface area contributed by atoms with Crippen LogP contribution in [0.2, 0.25) is 0 Å². The van der Waals surface area contributed by atoms with Crippen LogP contribution in [0.1, 0.15) is 37.8 Å². The van der Waals surface area contributed by atoms with Crippen LogP contribution in [0.4, 0.5) is 0 Å². The summed E-state index contributed by atoms with van der Waals surface area (Å²) in [7, 11) is 0. The van der Waals surface area contributed by atoms with Crippen molar-refractivity contribution in [3.63, 3.8) is 0 Å². The Morgan fingerprint density at radius 1 is 0.967 bits per heavy atom. The van der Waals surface area contributed by atoms with Gasteiger partial charge in [0.1, 0.15) is 5.60 Å². The molecule has 0 aliphatic carbocycles. The minimum atomic E-state index is -0.990. The number of hydrogen-bond donors (Lipinski definition) is 3. The molecule has 2 aromatic rings. The van der Waals surface area contributed by atoms with E-state index in [1.54, 1.807) is 6.92 Å². The SMILES string of the molecule is CCNC(=NCC(C)(O)c1ccccc1)NCCCCOCCc1ccccc1.I. The van der Waals surface area contributed by atoms with Crippen molar-refractivity contribution >= 4 is 29.9 Å². The maximum Gasteiger partial charge on any atom is 0.191 e. The second-order valence-corrected chi connectivity index (χ2v) is 7.32. The van der Waals surface area contributed by atoms with E-state index in [2.05, 4.69) is 39.9 Å². The minimum Gasteiger partial charge on any atom is -0.384 e. The predicted molar refractivity (Wildman–Crippen MR) is 136 cm³/mol. The van der Waals surface area contributed by atoms with Gasteiger partial charge in [-0.25, -0.2) is 4.99 Å². The number of aliphatic imine (C=N–C) groups is 1. The Labute approximate surface area is 198 Å². The number of guanidine groups is 1. The zero-order chi connectivity index (χ0) is 20.8. The number of aliphatic hydroxyl groups is 1. The van der Waals surface area contributed by atoms with Crippen LogP contribution >= 0.6 is 24.0 Å². The number of halogens is 1. The lowest BCUT2D eigenvalue weighted by Gasteiger charge is -2.22. The zero-order valence-corrected chi connectivity index (χ0v) is 20.5. The van der Waals surface area contributed by atoms with Crippen molar-refractivity contribution in [3.8, 4) is 0 Å². The fourth-order valence-electron chi connectivity index (χ4n) is 2.94. The smallest absolute Gasteiger partial charge is 0.191 e. The lowest BCUT2D eigenvalue weighted by atomic mass is 9.96. The van der Waals surface area contributed by atoms with E-state index in [0.29, 0.717) is 6.54 Å². The van der Waals surface area contributed by atoms with Gasteiger partial charge in [0.25, 0.3) is 0 Å². The Kier molecular flexibility index (Phi) is 13.4. The number of benzene rings is 2. The van der Waals surface area contributed by atoms with Crippen molar-refractivity contribution < 1.29 is 9.84 Å². The maximum absolute atomic E-state index is 10.7. The molecule has 0 saturated carbocycles. The van der Waals surface area contributed by atoms with E-state index >= 15 is 0 Å². The molecule has 0 spiro atoms. The summed E-state index contributed by atoms with van der Waals surface area (Å²) < 4.78 is 5.73. The first-order valence-electron chi connectivity index (χ1n) is 10.5. The highest BCUT2D eigenvalue weighted by atomic mass is 127. The van der Waals surface area contributed by atoms with Crippen LogP contribution in [0.25, 0.3) is 0 Å². The fraction of sp³-hybridized carbons (Fsp3) is 0.458. The van der Waals surface area contributed by atoms with Crippen LogP contribution in [0.5, 0.6) is 0 Å². The molecule has 0 aliphatic heterocycles. The molecule has 0 radical (unpaired) electrons. The summed E-state index contributed by atoms with van der Waals surface area (Å²) in [6.45, 7) is 7.26. The van der Waals surface area contributed by atoms with Gasteiger partial charge in [-0.1, -0.05) is 60.7 Å². The van der Waals surface area contributed by atoms with Crippen LogP contribution in [0, 0.1) is 0 Å². The second kappa shape index (κ2) is 15.2. The molecular weight excluding hydrogens is 489 g/mol. The van der Waals surface area contributed by atoms with Crippen LogP contribution in [-0.2, 0) is 16.8 Å². The molecule has 6 heteroatoms. The average molecular weight is 525 g/mol. The lowest BCUT2D eigenvalue weighted by Crippen LogP contribution is -2.39. The summed E-state index contributed by atoms with van der Waals surface area (Å²) in [6, 6.07) is 20.1. The summed E-state index contributed by atoms with van der Waals surface area (Å²) >= 11 is 0. The van der Waals surface area contributed by atoms with Crippen molar-refractivity contribution in [1.82, 2.24) is 10.6 Å². The summed E-state index contributed by atoms with van der Waals surface area (Å²) in [5, 5.41) is 17.3. The van der Waals surface area contributed by atoms with Gasteiger partial charge in [0.15, 0.2) is 5.96 Å². The van der Waals surface area contributed by atoms with Crippen LogP contribution in [-0.4, -0.2) is 43.9 Å². The number of hydrogen-bond acceptors (Lipinski definition) is 3. The minimum absolute atomic E-state index is 0. The number of nitrogens with zero attached hydrogens (tertiary/aromatic N) is 1. The van der Waals surface area contributed by atoms with Gasteiger partial charge in [-0.3, -0.25) is 0 Å². The molecule has 0 saturated heterocycles. The summed E-state index contributed by atoms with van der Waals surface area (Å²) in [5.74, 6) is 0.730. The van der Waals surface area contributed by atoms with Crippen molar-refractivity contribution in [1.29, 1.82) is 0 Å². The first kappa shape index (κ1) is 26.4. The van der Waals surface area contributed by atoms with Gasteiger partial charge in [0.05, 0.1) is 13.2 Å². The highest BCUT2D eigenvalue weighted by molar-refractivity contribution is 14.0. The number of nitrogens with one attached hydrogen (secondary N) is 2. The van der Waals surface area contributed by atoms with Gasteiger partial charge >= 0.3 is 0 Å². The molecule has 0 aliphatic rings. The Balaban J connectivity index is 0.00000450. The fourth-order valence-corrected chi connectivity index (χ4v) is 2.94. The third-order valence-corrected chi connectivity index (χ3v) is 4.67. The largest absolute Gasteiger partial charge is 0.384 e. The van der Waals surface area contributed by atoms with Gasteiger partial charge in [-0.2, -0.15) is 0 Å². The highest BCUT2D eigenvalue weighted by Crippen LogP contribution is 2.20. The van der Waals surface area contributed by atoms with E-state index in [0.717, 1.165) is 57.1 Å². The Morgan fingerprint density at radius 3 is 2.30 bits per heavy atom. The van der Waals surface area contributed by atoms with Gasteiger partial charge in [0, 0.05) is 19.7 Å². The Morgan fingerprint density at radius 2 is 1.63 bits per heavy atom. The molecule has 0 fully saturated rings. The molecule has 5 nitrogen and oxygen atoms in total. The normalized spacial score (nSPS) is 13.2. The molecule has 0 amide bonds. The van der Waals surface area contributed by atoms with E-state index in [-0.39, 0.29) is 24.0 Å². The predicted octanol–water partition coefficient (Wildman–Crippen LogP) is 4.11. The molecule has 0 bridgehead atoms. The molecule has 1 atom stereocenters. The quantitative estimate of drug-likeness (QED) is 0.169. The van der Waals surface area contributed by atoms with E-state index in [1.807, 2.05) is 43.3 Å². The lowest BCUT2D eigenvalue weighted by molar-refractivity contribution is 0.0672. The van der Waals surface area contributed by atoms with Crippen LogP contribution < -0.4 is 10.6 Å². The molecule has 3 N–H and O–H groups in total. The average Bonchev–Trinajstić information content (AvgIpc) is 2.75. The van der Waals surface area contributed by atoms with Crippen molar-refractivity contribution in [3.05, 3.63) is 71.8 Å². The molecule has 0 aromatic heterocycles. The van der Waals surface area contributed by atoms with Gasteiger partial charge in [-0.05, 0) is 44.2 Å². The standard InChI is InChI=1S/C24H35N3O2.HI/c1-3-25-23(27-20-24(2,28)22-14-8-5-9-15-22)26-17-10-11-18-29-19-16-21-12-6-4-7-13-21;/h4-9,12-15,28H,3,10-11,16-20H2,1-2H3,(H2,25,26,27);1H. The van der Waals surface area contributed by atoms with Gasteiger partial charge in [-0.15, -0.1) is 24.0 Å². The maximum atomic E-state index is 10.7. The van der Waals surface area contributed by atoms with E-state index in [4.69, 9.17) is 4.74 Å². The zero-order valence-electron chi connectivity index (χ0n) is 18.1. The van der Waals surface area contributed by atoms with Gasteiger partial charge < -0.3 is 20.5 Å². The molecule has 30 heavy (non-hydrogen) atoms. The first-order chi connectivity index (χ1) is 14.1. The second-order valence-electron chi connectivity index (χ2n) is 7.32. The number of ether oxygens (including phenoxy) is 1. The summed E-state index contributed by atoms with van der Waals surface area (Å²) in [4.78, 5) is 4.56. The third kappa shape index (κ3) is 10.4. The van der Waals surface area contributed by atoms with E-state index in [1.165, 1.54) is 5.56 Å². The molecule has 2 aromatic carbocycles. The molecule has 1 unspecified atom stereocenters. The summed E-state index contributed by atoms with van der Waals surface area (Å²) in [5.41, 5.74) is 1.19. The van der Waals surface area contributed by atoms with Crippen molar-refractivity contribution in [2.45, 2.75) is 38.7 Å². The summed E-state index contributed by atoms with van der Waals surface area (Å²) in [6.07, 6.45) is 2.96.